The van der Waals surface area contributed by atoms with E-state index in [2.05, 4.69) is 5.32 Å². The SMILES string of the molecule is NC1(C(=O)Nc2c(F)cc(F)cc2[N+](=O)[O-])CCCC1. The highest BCUT2D eigenvalue weighted by molar-refractivity contribution is 5.99. The van der Waals surface area contributed by atoms with Crippen molar-refractivity contribution in [3.8, 4) is 0 Å². The summed E-state index contributed by atoms with van der Waals surface area (Å²) in [5, 5.41) is 12.9. The number of nitrogens with one attached hydrogen (secondary N) is 1. The Hall–Kier alpha value is -2.09. The number of rotatable bonds is 3. The Bertz CT molecular complexity index is 571. The van der Waals surface area contributed by atoms with Crippen molar-refractivity contribution in [2.24, 2.45) is 5.73 Å². The van der Waals surface area contributed by atoms with Gasteiger partial charge in [-0.15, -0.1) is 0 Å². The molecule has 0 saturated heterocycles. The van der Waals surface area contributed by atoms with Gasteiger partial charge in [-0.05, 0) is 12.8 Å². The number of hydrogen-bond donors (Lipinski definition) is 2. The monoisotopic (exact) mass is 285 g/mol. The summed E-state index contributed by atoms with van der Waals surface area (Å²) in [4.78, 5) is 21.9. The molecule has 1 amide bonds. The lowest BCUT2D eigenvalue weighted by atomic mass is 9.98. The molecule has 1 aromatic carbocycles. The number of hydrogen-bond acceptors (Lipinski definition) is 4. The molecule has 6 nitrogen and oxygen atoms in total. The number of nitrogens with zero attached hydrogens (tertiary/aromatic N) is 1. The van der Waals surface area contributed by atoms with E-state index in [0.29, 0.717) is 25.0 Å². The highest BCUT2D eigenvalue weighted by Gasteiger charge is 2.38. The second kappa shape index (κ2) is 5.12. The van der Waals surface area contributed by atoms with Crippen LogP contribution in [0.2, 0.25) is 0 Å². The maximum absolute atomic E-state index is 13.6. The lowest BCUT2D eigenvalue weighted by Crippen LogP contribution is -2.48. The molecular formula is C12H13F2N3O3. The van der Waals surface area contributed by atoms with Crippen LogP contribution in [0.1, 0.15) is 25.7 Å². The summed E-state index contributed by atoms with van der Waals surface area (Å²) in [6, 6.07) is 1.02. The molecule has 20 heavy (non-hydrogen) atoms. The van der Waals surface area contributed by atoms with Crippen molar-refractivity contribution in [2.45, 2.75) is 31.2 Å². The molecule has 1 aliphatic carbocycles. The van der Waals surface area contributed by atoms with Crippen LogP contribution < -0.4 is 11.1 Å². The summed E-state index contributed by atoms with van der Waals surface area (Å²) in [6.07, 6.45) is 2.38. The number of nitrogens with two attached hydrogens (primary N) is 1. The second-order valence-electron chi connectivity index (χ2n) is 4.86. The predicted octanol–water partition coefficient (Wildman–Crippen LogP) is 2.08. The Labute approximate surface area is 113 Å². The van der Waals surface area contributed by atoms with Crippen LogP contribution in [0, 0.1) is 21.7 Å². The highest BCUT2D eigenvalue weighted by Crippen LogP contribution is 2.32. The van der Waals surface area contributed by atoms with Crippen molar-refractivity contribution in [1.82, 2.24) is 0 Å². The molecule has 1 saturated carbocycles. The van der Waals surface area contributed by atoms with E-state index < -0.39 is 39.4 Å². The van der Waals surface area contributed by atoms with Gasteiger partial charge in [0.15, 0.2) is 11.5 Å². The summed E-state index contributed by atoms with van der Waals surface area (Å²) in [7, 11) is 0. The van der Waals surface area contributed by atoms with E-state index in [1.54, 1.807) is 0 Å². The number of carbonyl (C=O) groups excluding carboxylic acids is 1. The van der Waals surface area contributed by atoms with E-state index in [1.165, 1.54) is 0 Å². The van der Waals surface area contributed by atoms with E-state index >= 15 is 0 Å². The van der Waals surface area contributed by atoms with Gasteiger partial charge in [-0.1, -0.05) is 12.8 Å². The van der Waals surface area contributed by atoms with Gasteiger partial charge in [0, 0.05) is 6.07 Å². The van der Waals surface area contributed by atoms with Crippen molar-refractivity contribution >= 4 is 17.3 Å². The van der Waals surface area contributed by atoms with Gasteiger partial charge in [0.25, 0.3) is 5.69 Å². The molecule has 0 radical (unpaired) electrons. The summed E-state index contributed by atoms with van der Waals surface area (Å²) in [6.45, 7) is 0. The molecule has 108 valence electrons. The molecule has 0 heterocycles. The fourth-order valence-corrected chi connectivity index (χ4v) is 2.30. The molecule has 3 N–H and O–H groups in total. The fourth-order valence-electron chi connectivity index (χ4n) is 2.30. The van der Waals surface area contributed by atoms with Crippen LogP contribution in [-0.4, -0.2) is 16.4 Å². The number of nitro groups is 1. The molecule has 0 spiro atoms. The van der Waals surface area contributed by atoms with E-state index in [-0.39, 0.29) is 0 Å². The molecule has 0 aliphatic heterocycles. The molecule has 1 aliphatic rings. The minimum atomic E-state index is -1.20. The van der Waals surface area contributed by atoms with Crippen molar-refractivity contribution in [3.05, 3.63) is 33.9 Å². The lowest BCUT2D eigenvalue weighted by molar-refractivity contribution is -0.384. The Morgan fingerprint density at radius 1 is 1.35 bits per heavy atom. The van der Waals surface area contributed by atoms with Gasteiger partial charge in [0.2, 0.25) is 5.91 Å². The zero-order chi connectivity index (χ0) is 14.9. The van der Waals surface area contributed by atoms with Crippen molar-refractivity contribution in [2.75, 3.05) is 5.32 Å². The number of carbonyl (C=O) groups is 1. The van der Waals surface area contributed by atoms with Gasteiger partial charge in [-0.25, -0.2) is 8.78 Å². The van der Waals surface area contributed by atoms with Gasteiger partial charge in [-0.3, -0.25) is 14.9 Å². The Kier molecular flexibility index (Phi) is 3.67. The molecule has 0 unspecified atom stereocenters. The van der Waals surface area contributed by atoms with E-state index in [0.717, 1.165) is 12.8 Å². The summed E-state index contributed by atoms with van der Waals surface area (Å²) < 4.78 is 26.6. The first-order chi connectivity index (χ1) is 9.33. The van der Waals surface area contributed by atoms with Crippen LogP contribution in [0.5, 0.6) is 0 Å². The number of nitro benzene ring substituents is 1. The van der Waals surface area contributed by atoms with Gasteiger partial charge < -0.3 is 11.1 Å². The first-order valence-corrected chi connectivity index (χ1v) is 6.07. The molecule has 1 fully saturated rings. The van der Waals surface area contributed by atoms with Gasteiger partial charge in [0.1, 0.15) is 5.82 Å². The largest absolute Gasteiger partial charge is 0.317 e. The molecule has 2 rings (SSSR count). The van der Waals surface area contributed by atoms with Crippen LogP contribution in [0.25, 0.3) is 0 Å². The third kappa shape index (κ3) is 2.60. The minimum absolute atomic E-state index is 0.426. The quantitative estimate of drug-likeness (QED) is 0.656. The van der Waals surface area contributed by atoms with Crippen LogP contribution in [0.3, 0.4) is 0 Å². The van der Waals surface area contributed by atoms with Crippen molar-refractivity contribution in [3.63, 3.8) is 0 Å². The molecular weight excluding hydrogens is 272 g/mol. The van der Waals surface area contributed by atoms with Crippen molar-refractivity contribution in [1.29, 1.82) is 0 Å². The topological polar surface area (TPSA) is 98.3 Å². The molecule has 8 heteroatoms. The molecule has 0 aromatic heterocycles. The molecule has 0 bridgehead atoms. The smallest absolute Gasteiger partial charge is 0.298 e. The first kappa shape index (κ1) is 14.3. The Balaban J connectivity index is 2.33. The second-order valence-corrected chi connectivity index (χ2v) is 4.86. The first-order valence-electron chi connectivity index (χ1n) is 6.07. The number of halogens is 2. The zero-order valence-electron chi connectivity index (χ0n) is 10.5. The van der Waals surface area contributed by atoms with Crippen molar-refractivity contribution < 1.29 is 18.5 Å². The van der Waals surface area contributed by atoms with Crippen LogP contribution in [0.15, 0.2) is 12.1 Å². The summed E-state index contributed by atoms with van der Waals surface area (Å²) in [5.41, 5.74) is 3.23. The molecule has 0 atom stereocenters. The summed E-state index contributed by atoms with van der Waals surface area (Å²) in [5.74, 6) is -2.98. The Morgan fingerprint density at radius 3 is 2.50 bits per heavy atom. The number of anilines is 1. The standard InChI is InChI=1S/C12H13F2N3O3/c13-7-5-8(14)10(9(6-7)17(19)20)16-11(18)12(15)3-1-2-4-12/h5-6H,1-4,15H2,(H,16,18). The lowest BCUT2D eigenvalue weighted by Gasteiger charge is -2.22. The Morgan fingerprint density at radius 2 is 1.95 bits per heavy atom. The third-order valence-electron chi connectivity index (χ3n) is 3.42. The van der Waals surface area contributed by atoms with Gasteiger partial charge >= 0.3 is 0 Å². The zero-order valence-corrected chi connectivity index (χ0v) is 10.5. The van der Waals surface area contributed by atoms with E-state index in [1.807, 2.05) is 0 Å². The fraction of sp³-hybridized carbons (Fsp3) is 0.417. The van der Waals surface area contributed by atoms with Gasteiger partial charge in [-0.2, -0.15) is 0 Å². The predicted molar refractivity (Wildman–Crippen MR) is 67.0 cm³/mol. The molecule has 1 aromatic rings. The van der Waals surface area contributed by atoms with Crippen LogP contribution in [-0.2, 0) is 4.79 Å². The minimum Gasteiger partial charge on any atom is -0.317 e. The van der Waals surface area contributed by atoms with Gasteiger partial charge in [0.05, 0.1) is 16.5 Å². The number of amides is 1. The summed E-state index contributed by atoms with van der Waals surface area (Å²) >= 11 is 0. The van der Waals surface area contributed by atoms with Crippen LogP contribution >= 0.6 is 0 Å². The van der Waals surface area contributed by atoms with E-state index in [4.69, 9.17) is 5.73 Å². The highest BCUT2D eigenvalue weighted by atomic mass is 19.1. The number of benzene rings is 1. The average Bonchev–Trinajstić information content (AvgIpc) is 2.80. The maximum Gasteiger partial charge on any atom is 0.298 e. The average molecular weight is 285 g/mol. The maximum atomic E-state index is 13.6. The van der Waals surface area contributed by atoms with E-state index in [9.17, 15) is 23.7 Å². The third-order valence-corrected chi connectivity index (χ3v) is 3.42. The van der Waals surface area contributed by atoms with Crippen LogP contribution in [0.4, 0.5) is 20.2 Å². The normalized spacial score (nSPS) is 16.9.